The zero-order valence-electron chi connectivity index (χ0n) is 10.8. The number of nitrogens with zero attached hydrogens (tertiary/aromatic N) is 1. The highest BCUT2D eigenvalue weighted by Gasteiger charge is 2.30. The van der Waals surface area contributed by atoms with E-state index in [0.717, 1.165) is 18.6 Å². The average molecular weight is 212 g/mol. The van der Waals surface area contributed by atoms with Crippen LogP contribution in [0.5, 0.6) is 0 Å². The van der Waals surface area contributed by atoms with Crippen molar-refractivity contribution in [2.45, 2.75) is 65.0 Å². The van der Waals surface area contributed by atoms with Crippen molar-refractivity contribution in [2.24, 2.45) is 0 Å². The number of unbranched alkanes of at least 4 members (excludes halogenated alkanes) is 1. The molecule has 1 rings (SSSR count). The SMILES string of the molecule is CCCCN(CC)C1CCCC1NCC. The molecule has 1 aliphatic rings. The fraction of sp³-hybridized carbons (Fsp3) is 1.00. The maximum Gasteiger partial charge on any atom is 0.0249 e. The molecule has 1 aliphatic carbocycles. The van der Waals surface area contributed by atoms with Crippen molar-refractivity contribution in [1.29, 1.82) is 0 Å². The van der Waals surface area contributed by atoms with Gasteiger partial charge in [0.1, 0.15) is 0 Å². The van der Waals surface area contributed by atoms with E-state index < -0.39 is 0 Å². The fourth-order valence-corrected chi connectivity index (χ4v) is 2.80. The summed E-state index contributed by atoms with van der Waals surface area (Å²) in [6, 6.07) is 1.56. The van der Waals surface area contributed by atoms with Crippen molar-refractivity contribution in [1.82, 2.24) is 10.2 Å². The van der Waals surface area contributed by atoms with Crippen LogP contribution in [0.2, 0.25) is 0 Å². The topological polar surface area (TPSA) is 15.3 Å². The summed E-state index contributed by atoms with van der Waals surface area (Å²) >= 11 is 0. The van der Waals surface area contributed by atoms with Crippen molar-refractivity contribution in [3.05, 3.63) is 0 Å². The van der Waals surface area contributed by atoms with Gasteiger partial charge in [-0.25, -0.2) is 0 Å². The average Bonchev–Trinajstić information content (AvgIpc) is 2.68. The zero-order valence-corrected chi connectivity index (χ0v) is 10.8. The van der Waals surface area contributed by atoms with Crippen LogP contribution < -0.4 is 5.32 Å². The van der Waals surface area contributed by atoms with Gasteiger partial charge in [-0.3, -0.25) is 4.90 Å². The van der Waals surface area contributed by atoms with E-state index in [1.807, 2.05) is 0 Å². The summed E-state index contributed by atoms with van der Waals surface area (Å²) in [5.41, 5.74) is 0. The molecule has 0 aromatic rings. The van der Waals surface area contributed by atoms with E-state index in [-0.39, 0.29) is 0 Å². The molecule has 0 spiro atoms. The first-order valence-electron chi connectivity index (χ1n) is 6.80. The van der Waals surface area contributed by atoms with E-state index >= 15 is 0 Å². The van der Waals surface area contributed by atoms with E-state index in [4.69, 9.17) is 0 Å². The molecular formula is C13H28N2. The minimum atomic E-state index is 0.756. The molecule has 90 valence electrons. The minimum absolute atomic E-state index is 0.756. The molecule has 0 aromatic heterocycles. The largest absolute Gasteiger partial charge is 0.313 e. The molecule has 15 heavy (non-hydrogen) atoms. The van der Waals surface area contributed by atoms with Crippen LogP contribution in [0.3, 0.4) is 0 Å². The lowest BCUT2D eigenvalue weighted by Crippen LogP contribution is -2.47. The van der Waals surface area contributed by atoms with Gasteiger partial charge in [-0.2, -0.15) is 0 Å². The summed E-state index contributed by atoms with van der Waals surface area (Å²) in [6.07, 6.45) is 6.85. The van der Waals surface area contributed by atoms with Gasteiger partial charge < -0.3 is 5.32 Å². The molecular weight excluding hydrogens is 184 g/mol. The van der Waals surface area contributed by atoms with Gasteiger partial charge >= 0.3 is 0 Å². The Morgan fingerprint density at radius 1 is 1.20 bits per heavy atom. The second kappa shape index (κ2) is 7.24. The van der Waals surface area contributed by atoms with Gasteiger partial charge in [0.25, 0.3) is 0 Å². The molecule has 1 saturated carbocycles. The third-order valence-electron chi connectivity index (χ3n) is 3.62. The summed E-state index contributed by atoms with van der Waals surface area (Å²) in [5, 5.41) is 3.64. The van der Waals surface area contributed by atoms with E-state index in [9.17, 15) is 0 Å². The van der Waals surface area contributed by atoms with E-state index in [1.54, 1.807) is 0 Å². The Morgan fingerprint density at radius 2 is 2.00 bits per heavy atom. The van der Waals surface area contributed by atoms with Crippen LogP contribution in [-0.4, -0.2) is 36.6 Å². The van der Waals surface area contributed by atoms with Crippen LogP contribution in [0.1, 0.15) is 52.9 Å². The molecule has 0 aliphatic heterocycles. The summed E-state index contributed by atoms with van der Waals surface area (Å²) in [7, 11) is 0. The number of hydrogen-bond donors (Lipinski definition) is 1. The number of nitrogens with one attached hydrogen (secondary N) is 1. The quantitative estimate of drug-likeness (QED) is 0.698. The van der Waals surface area contributed by atoms with E-state index in [2.05, 4.69) is 31.0 Å². The van der Waals surface area contributed by atoms with Crippen molar-refractivity contribution >= 4 is 0 Å². The Morgan fingerprint density at radius 3 is 2.60 bits per heavy atom. The van der Waals surface area contributed by atoms with Gasteiger partial charge in [0.15, 0.2) is 0 Å². The molecule has 2 heteroatoms. The normalized spacial score (nSPS) is 26.4. The molecule has 2 unspecified atom stereocenters. The van der Waals surface area contributed by atoms with Crippen molar-refractivity contribution in [3.63, 3.8) is 0 Å². The Balaban J connectivity index is 2.42. The van der Waals surface area contributed by atoms with Gasteiger partial charge in [0.2, 0.25) is 0 Å². The maximum atomic E-state index is 3.64. The number of rotatable bonds is 7. The summed E-state index contributed by atoms with van der Waals surface area (Å²) in [6.45, 7) is 10.4. The van der Waals surface area contributed by atoms with E-state index in [0.29, 0.717) is 0 Å². The Hall–Kier alpha value is -0.0800. The standard InChI is InChI=1S/C13H28N2/c1-4-7-11-15(6-3)13-10-8-9-12(13)14-5-2/h12-14H,4-11H2,1-3H3. The van der Waals surface area contributed by atoms with Gasteiger partial charge in [-0.15, -0.1) is 0 Å². The van der Waals surface area contributed by atoms with Gasteiger partial charge in [0.05, 0.1) is 0 Å². The van der Waals surface area contributed by atoms with Gasteiger partial charge in [-0.1, -0.05) is 33.6 Å². The first-order valence-corrected chi connectivity index (χ1v) is 6.80. The summed E-state index contributed by atoms with van der Waals surface area (Å²) < 4.78 is 0. The molecule has 0 bridgehead atoms. The highest BCUT2D eigenvalue weighted by Crippen LogP contribution is 2.24. The highest BCUT2D eigenvalue weighted by atomic mass is 15.2. The molecule has 0 aromatic carbocycles. The van der Waals surface area contributed by atoms with Crippen LogP contribution >= 0.6 is 0 Å². The first-order chi connectivity index (χ1) is 7.33. The van der Waals surface area contributed by atoms with Crippen LogP contribution in [0, 0.1) is 0 Å². The van der Waals surface area contributed by atoms with E-state index in [1.165, 1.54) is 45.2 Å². The molecule has 2 nitrogen and oxygen atoms in total. The summed E-state index contributed by atoms with van der Waals surface area (Å²) in [4.78, 5) is 2.68. The van der Waals surface area contributed by atoms with Crippen molar-refractivity contribution in [2.75, 3.05) is 19.6 Å². The number of likely N-dealkylation sites (N-methyl/N-ethyl adjacent to an activating group) is 2. The molecule has 0 radical (unpaired) electrons. The van der Waals surface area contributed by atoms with Crippen LogP contribution in [-0.2, 0) is 0 Å². The minimum Gasteiger partial charge on any atom is -0.313 e. The first kappa shape index (κ1) is 13.0. The van der Waals surface area contributed by atoms with Crippen molar-refractivity contribution in [3.8, 4) is 0 Å². The molecule has 0 heterocycles. The lowest BCUT2D eigenvalue weighted by Gasteiger charge is -2.32. The lowest BCUT2D eigenvalue weighted by atomic mass is 10.1. The zero-order chi connectivity index (χ0) is 11.1. The summed E-state index contributed by atoms with van der Waals surface area (Å²) in [5.74, 6) is 0. The van der Waals surface area contributed by atoms with Crippen LogP contribution in [0.4, 0.5) is 0 Å². The van der Waals surface area contributed by atoms with Crippen molar-refractivity contribution < 1.29 is 0 Å². The Kier molecular flexibility index (Phi) is 6.26. The third-order valence-corrected chi connectivity index (χ3v) is 3.62. The lowest BCUT2D eigenvalue weighted by molar-refractivity contribution is 0.179. The predicted molar refractivity (Wildman–Crippen MR) is 67.3 cm³/mol. The predicted octanol–water partition coefficient (Wildman–Crippen LogP) is 2.64. The fourth-order valence-electron chi connectivity index (χ4n) is 2.80. The third kappa shape index (κ3) is 3.76. The maximum absolute atomic E-state index is 3.64. The van der Waals surface area contributed by atoms with Gasteiger partial charge in [-0.05, 0) is 38.9 Å². The molecule has 0 saturated heterocycles. The monoisotopic (exact) mass is 212 g/mol. The highest BCUT2D eigenvalue weighted by molar-refractivity contribution is 4.89. The second-order valence-electron chi connectivity index (χ2n) is 4.64. The Bertz CT molecular complexity index is 159. The Labute approximate surface area is 95.4 Å². The van der Waals surface area contributed by atoms with Gasteiger partial charge in [0, 0.05) is 12.1 Å². The molecule has 1 fully saturated rings. The molecule has 2 atom stereocenters. The molecule has 0 amide bonds. The number of hydrogen-bond acceptors (Lipinski definition) is 2. The molecule has 1 N–H and O–H groups in total. The van der Waals surface area contributed by atoms with Crippen LogP contribution in [0.25, 0.3) is 0 Å². The van der Waals surface area contributed by atoms with Crippen LogP contribution in [0.15, 0.2) is 0 Å². The smallest absolute Gasteiger partial charge is 0.0249 e. The second-order valence-corrected chi connectivity index (χ2v) is 4.64.